The first kappa shape index (κ1) is 19.5. The van der Waals surface area contributed by atoms with Crippen molar-refractivity contribution in [3.8, 4) is 0 Å². The van der Waals surface area contributed by atoms with Gasteiger partial charge in [0.15, 0.2) is 0 Å². The number of unbranched alkanes of at least 4 members (excludes halogenated alkanes) is 2. The highest BCUT2D eigenvalue weighted by molar-refractivity contribution is 6.62. The quantitative estimate of drug-likeness (QED) is 0.447. The molecular weight excluding hydrogens is 339 g/mol. The topological polar surface area (TPSA) is 69.7 Å². The number of carbonyl (C=O) groups is 3. The first-order valence-electron chi connectivity index (χ1n) is 7.29. The molecular formula is C13H19ClF3N3O3. The number of alkyl halides is 3. The number of nitrogens with zero attached hydrogens (tertiary/aromatic N) is 2. The summed E-state index contributed by atoms with van der Waals surface area (Å²) >= 11 is 5.35. The maximum Gasteiger partial charge on any atom is 0.471 e. The van der Waals surface area contributed by atoms with Gasteiger partial charge in [0, 0.05) is 39.1 Å². The second kappa shape index (κ2) is 8.95. The fourth-order valence-electron chi connectivity index (χ4n) is 2.17. The Kier molecular flexibility index (Phi) is 7.60. The maximum atomic E-state index is 11.9. The van der Waals surface area contributed by atoms with Crippen LogP contribution in [0.5, 0.6) is 0 Å². The van der Waals surface area contributed by atoms with E-state index in [2.05, 4.69) is 0 Å². The van der Waals surface area contributed by atoms with Gasteiger partial charge in [0.1, 0.15) is 0 Å². The zero-order valence-corrected chi connectivity index (χ0v) is 13.3. The summed E-state index contributed by atoms with van der Waals surface area (Å²) in [7, 11) is 0. The SMILES string of the molecule is O=C(Cl)N1CCN(C(=O)CCCCCNC(=O)C(F)(F)F)CC1. The molecule has 1 heterocycles. The van der Waals surface area contributed by atoms with Crippen LogP contribution in [-0.4, -0.2) is 65.9 Å². The van der Waals surface area contributed by atoms with Gasteiger partial charge in [-0.25, -0.2) is 0 Å². The van der Waals surface area contributed by atoms with Gasteiger partial charge in [-0.1, -0.05) is 6.42 Å². The average Bonchev–Trinajstić information content (AvgIpc) is 2.49. The second-order valence-corrected chi connectivity index (χ2v) is 5.51. The molecule has 1 fully saturated rings. The molecule has 23 heavy (non-hydrogen) atoms. The predicted molar refractivity (Wildman–Crippen MR) is 76.9 cm³/mol. The van der Waals surface area contributed by atoms with Crippen LogP contribution in [0.2, 0.25) is 0 Å². The van der Waals surface area contributed by atoms with E-state index in [1.54, 1.807) is 10.2 Å². The highest BCUT2D eigenvalue weighted by Gasteiger charge is 2.38. The summed E-state index contributed by atoms with van der Waals surface area (Å²) < 4.78 is 35.8. The molecule has 6 nitrogen and oxygen atoms in total. The van der Waals surface area contributed by atoms with Crippen molar-refractivity contribution in [1.82, 2.24) is 15.1 Å². The van der Waals surface area contributed by atoms with E-state index in [0.29, 0.717) is 51.9 Å². The van der Waals surface area contributed by atoms with Crippen LogP contribution in [0.4, 0.5) is 18.0 Å². The van der Waals surface area contributed by atoms with Gasteiger partial charge in [-0.3, -0.25) is 14.4 Å². The van der Waals surface area contributed by atoms with Crippen molar-refractivity contribution in [3.05, 3.63) is 0 Å². The van der Waals surface area contributed by atoms with E-state index in [1.165, 1.54) is 4.90 Å². The molecule has 0 saturated carbocycles. The Morgan fingerprint density at radius 2 is 1.52 bits per heavy atom. The third kappa shape index (κ3) is 7.06. The summed E-state index contributed by atoms with van der Waals surface area (Å²) in [5.41, 5.74) is 0. The number of hydrogen-bond acceptors (Lipinski definition) is 3. The van der Waals surface area contributed by atoms with Crippen LogP contribution in [-0.2, 0) is 9.59 Å². The molecule has 3 amide bonds. The molecule has 0 atom stereocenters. The molecule has 0 radical (unpaired) electrons. The molecule has 1 rings (SSSR count). The minimum atomic E-state index is -4.86. The van der Waals surface area contributed by atoms with E-state index < -0.39 is 17.4 Å². The van der Waals surface area contributed by atoms with E-state index in [1.807, 2.05) is 0 Å². The zero-order chi connectivity index (χ0) is 17.5. The molecule has 0 spiro atoms. The van der Waals surface area contributed by atoms with Crippen molar-refractivity contribution in [2.45, 2.75) is 31.9 Å². The smallest absolute Gasteiger partial charge is 0.348 e. The van der Waals surface area contributed by atoms with Crippen molar-refractivity contribution >= 4 is 28.8 Å². The Hall–Kier alpha value is -1.51. The molecule has 1 N–H and O–H groups in total. The first-order chi connectivity index (χ1) is 10.7. The minimum absolute atomic E-state index is 0.0500. The summed E-state index contributed by atoms with van der Waals surface area (Å²) in [5, 5.41) is 1.25. The highest BCUT2D eigenvalue weighted by Crippen LogP contribution is 2.14. The van der Waals surface area contributed by atoms with E-state index in [-0.39, 0.29) is 12.5 Å². The Bertz CT molecular complexity index is 438. The highest BCUT2D eigenvalue weighted by atomic mass is 35.5. The van der Waals surface area contributed by atoms with Crippen LogP contribution < -0.4 is 5.32 Å². The van der Waals surface area contributed by atoms with Crippen molar-refractivity contribution < 1.29 is 27.6 Å². The number of piperazine rings is 1. The van der Waals surface area contributed by atoms with Gasteiger partial charge in [0.05, 0.1) is 0 Å². The molecule has 1 aliphatic heterocycles. The van der Waals surface area contributed by atoms with Crippen molar-refractivity contribution in [2.24, 2.45) is 0 Å². The van der Waals surface area contributed by atoms with Gasteiger partial charge >= 0.3 is 17.4 Å². The predicted octanol–water partition coefficient (Wildman–Crippen LogP) is 1.73. The van der Waals surface area contributed by atoms with Gasteiger partial charge in [0.25, 0.3) is 0 Å². The summed E-state index contributed by atoms with van der Waals surface area (Å²) in [6.07, 6.45) is -3.10. The molecule has 1 aliphatic rings. The molecule has 0 aromatic carbocycles. The maximum absolute atomic E-state index is 11.9. The van der Waals surface area contributed by atoms with Crippen LogP contribution in [0.25, 0.3) is 0 Å². The molecule has 0 aromatic rings. The molecule has 10 heteroatoms. The largest absolute Gasteiger partial charge is 0.471 e. The van der Waals surface area contributed by atoms with E-state index in [0.717, 1.165) is 0 Å². The summed E-state index contributed by atoms with van der Waals surface area (Å²) in [5.74, 6) is -1.99. The van der Waals surface area contributed by atoms with Crippen molar-refractivity contribution in [1.29, 1.82) is 0 Å². The van der Waals surface area contributed by atoms with Crippen LogP contribution >= 0.6 is 11.6 Å². The van der Waals surface area contributed by atoms with Gasteiger partial charge in [-0.05, 0) is 24.4 Å². The van der Waals surface area contributed by atoms with Gasteiger partial charge in [-0.2, -0.15) is 13.2 Å². The average molecular weight is 358 g/mol. The molecule has 0 aromatic heterocycles. The van der Waals surface area contributed by atoms with Crippen molar-refractivity contribution in [2.75, 3.05) is 32.7 Å². The number of carbonyl (C=O) groups excluding carboxylic acids is 3. The fraction of sp³-hybridized carbons (Fsp3) is 0.769. The number of amides is 3. The first-order valence-corrected chi connectivity index (χ1v) is 7.67. The third-order valence-corrected chi connectivity index (χ3v) is 3.73. The summed E-state index contributed by atoms with van der Waals surface area (Å²) in [6.45, 7) is 1.59. The van der Waals surface area contributed by atoms with E-state index >= 15 is 0 Å². The van der Waals surface area contributed by atoms with Crippen LogP contribution in [0.1, 0.15) is 25.7 Å². The monoisotopic (exact) mass is 357 g/mol. The van der Waals surface area contributed by atoms with Crippen LogP contribution in [0, 0.1) is 0 Å². The Morgan fingerprint density at radius 3 is 2.04 bits per heavy atom. The van der Waals surface area contributed by atoms with Gasteiger partial charge in [0.2, 0.25) is 5.91 Å². The lowest BCUT2D eigenvalue weighted by molar-refractivity contribution is -0.173. The van der Waals surface area contributed by atoms with Gasteiger partial charge in [-0.15, -0.1) is 0 Å². The fourth-order valence-corrected chi connectivity index (χ4v) is 2.34. The number of rotatable bonds is 6. The van der Waals surface area contributed by atoms with Crippen LogP contribution in [0.3, 0.4) is 0 Å². The van der Waals surface area contributed by atoms with Gasteiger partial charge < -0.3 is 15.1 Å². The standard InChI is InChI=1S/C13H19ClF3N3O3/c14-12(23)20-8-6-19(7-9-20)10(21)4-2-1-3-5-18-11(22)13(15,16)17/h1-9H2,(H,18,22). The summed E-state index contributed by atoms with van der Waals surface area (Å²) in [6, 6.07) is 0. The summed E-state index contributed by atoms with van der Waals surface area (Å²) in [4.78, 5) is 36.5. The Balaban J connectivity index is 2.09. The zero-order valence-electron chi connectivity index (χ0n) is 12.5. The number of halogens is 4. The molecule has 0 unspecified atom stereocenters. The third-order valence-electron chi connectivity index (χ3n) is 3.49. The second-order valence-electron chi connectivity index (χ2n) is 5.19. The van der Waals surface area contributed by atoms with Crippen LogP contribution in [0.15, 0.2) is 0 Å². The molecule has 0 aliphatic carbocycles. The number of hydrogen-bond donors (Lipinski definition) is 1. The Morgan fingerprint density at radius 1 is 0.957 bits per heavy atom. The lowest BCUT2D eigenvalue weighted by atomic mass is 10.1. The van der Waals surface area contributed by atoms with Crippen molar-refractivity contribution in [3.63, 3.8) is 0 Å². The lowest BCUT2D eigenvalue weighted by Crippen LogP contribution is -2.49. The molecule has 132 valence electrons. The number of nitrogens with one attached hydrogen (secondary N) is 1. The van der Waals surface area contributed by atoms with E-state index in [4.69, 9.17) is 11.6 Å². The molecule has 0 bridgehead atoms. The normalized spacial score (nSPS) is 15.5. The lowest BCUT2D eigenvalue weighted by Gasteiger charge is -2.33. The van der Waals surface area contributed by atoms with E-state index in [9.17, 15) is 27.6 Å². The molecule has 1 saturated heterocycles. The minimum Gasteiger partial charge on any atom is -0.348 e. The Labute approximate surface area is 136 Å².